The molecule has 3 rings (SSSR count). The van der Waals surface area contributed by atoms with Crippen LogP contribution in [0, 0.1) is 6.92 Å². The van der Waals surface area contributed by atoms with Gasteiger partial charge in [-0.25, -0.2) is 13.2 Å². The molecule has 1 aliphatic heterocycles. The molecule has 8 heteroatoms. The highest BCUT2D eigenvalue weighted by molar-refractivity contribution is 7.89. The molecular formula is C24H34N2O5S. The Balaban J connectivity index is 1.60. The standard InChI is InChI=1S/C24H34N2O5S/c1-18-11-12-21(17-22(18)32(29,30)26-15-7-4-8-16-26)24(28)31-19(2)23(27)25-14-13-20-9-5-3-6-10-20/h9,11-12,17,19H,3-8,10,13-16H2,1-2H3,(H,25,27). The van der Waals surface area contributed by atoms with Gasteiger partial charge in [0.25, 0.3) is 5.91 Å². The van der Waals surface area contributed by atoms with Crippen LogP contribution in [-0.4, -0.2) is 50.3 Å². The van der Waals surface area contributed by atoms with Crippen molar-refractivity contribution in [3.05, 3.63) is 41.0 Å². The normalized spacial score (nSPS) is 18.5. The lowest BCUT2D eigenvalue weighted by Gasteiger charge is -2.26. The van der Waals surface area contributed by atoms with Crippen LogP contribution >= 0.6 is 0 Å². The number of aryl methyl sites for hydroxylation is 1. The number of ether oxygens (including phenoxy) is 1. The number of amides is 1. The molecule has 1 aromatic rings. The van der Waals surface area contributed by atoms with E-state index in [1.165, 1.54) is 41.8 Å². The maximum atomic E-state index is 13.1. The molecule has 0 bridgehead atoms. The van der Waals surface area contributed by atoms with Crippen LogP contribution in [0.4, 0.5) is 0 Å². The van der Waals surface area contributed by atoms with Crippen LogP contribution in [0.5, 0.6) is 0 Å². The lowest BCUT2D eigenvalue weighted by molar-refractivity contribution is -0.129. The van der Waals surface area contributed by atoms with Gasteiger partial charge in [0.05, 0.1) is 10.5 Å². The molecule has 1 atom stereocenters. The molecule has 0 aromatic heterocycles. The van der Waals surface area contributed by atoms with Crippen molar-refractivity contribution >= 4 is 21.9 Å². The fourth-order valence-corrected chi connectivity index (χ4v) is 5.92. The first-order chi connectivity index (χ1) is 15.3. The van der Waals surface area contributed by atoms with Crippen molar-refractivity contribution in [2.24, 2.45) is 0 Å². The summed E-state index contributed by atoms with van der Waals surface area (Å²) in [4.78, 5) is 25.1. The summed E-state index contributed by atoms with van der Waals surface area (Å²) in [5.74, 6) is -1.07. The second-order valence-corrected chi connectivity index (χ2v) is 10.5. The van der Waals surface area contributed by atoms with Crippen LogP contribution in [0.1, 0.15) is 74.2 Å². The Morgan fingerprint density at radius 2 is 1.88 bits per heavy atom. The summed E-state index contributed by atoms with van der Waals surface area (Å²) < 4.78 is 32.9. The summed E-state index contributed by atoms with van der Waals surface area (Å²) >= 11 is 0. The summed E-state index contributed by atoms with van der Waals surface area (Å²) in [6.45, 7) is 4.72. The fourth-order valence-electron chi connectivity index (χ4n) is 4.15. The fraction of sp³-hybridized carbons (Fsp3) is 0.583. The van der Waals surface area contributed by atoms with Gasteiger partial charge >= 0.3 is 5.97 Å². The van der Waals surface area contributed by atoms with Crippen LogP contribution in [0.25, 0.3) is 0 Å². The highest BCUT2D eigenvalue weighted by Gasteiger charge is 2.28. The summed E-state index contributed by atoms with van der Waals surface area (Å²) in [5, 5.41) is 2.81. The van der Waals surface area contributed by atoms with Gasteiger partial charge in [0.15, 0.2) is 6.10 Å². The second-order valence-electron chi connectivity index (χ2n) is 8.64. The van der Waals surface area contributed by atoms with Crippen molar-refractivity contribution in [3.63, 3.8) is 0 Å². The van der Waals surface area contributed by atoms with Gasteiger partial charge in [0, 0.05) is 19.6 Å². The number of carbonyl (C=O) groups excluding carboxylic acids is 2. The van der Waals surface area contributed by atoms with E-state index in [2.05, 4.69) is 11.4 Å². The number of nitrogens with one attached hydrogen (secondary N) is 1. The highest BCUT2D eigenvalue weighted by Crippen LogP contribution is 2.25. The van der Waals surface area contributed by atoms with Gasteiger partial charge in [-0.15, -0.1) is 0 Å². The first-order valence-corrected chi connectivity index (χ1v) is 13.0. The quantitative estimate of drug-likeness (QED) is 0.469. The summed E-state index contributed by atoms with van der Waals surface area (Å²) in [7, 11) is -3.68. The SMILES string of the molecule is Cc1ccc(C(=O)OC(C)C(=O)NCCC2=CCCCC2)cc1S(=O)(=O)N1CCCCC1. The van der Waals surface area contributed by atoms with Gasteiger partial charge in [-0.1, -0.05) is 24.1 Å². The number of piperidine rings is 1. The number of rotatable bonds is 8. The average molecular weight is 463 g/mol. The zero-order chi connectivity index (χ0) is 23.1. The molecule has 1 unspecified atom stereocenters. The minimum Gasteiger partial charge on any atom is -0.449 e. The lowest BCUT2D eigenvalue weighted by Crippen LogP contribution is -2.37. The molecule has 0 radical (unpaired) electrons. The molecule has 1 fully saturated rings. The third kappa shape index (κ3) is 6.19. The highest BCUT2D eigenvalue weighted by atomic mass is 32.2. The van der Waals surface area contributed by atoms with E-state index in [1.807, 2.05) is 0 Å². The molecular weight excluding hydrogens is 428 g/mol. The molecule has 1 amide bonds. The molecule has 1 saturated heterocycles. The van der Waals surface area contributed by atoms with Crippen molar-refractivity contribution < 1.29 is 22.7 Å². The summed E-state index contributed by atoms with van der Waals surface area (Å²) in [6, 6.07) is 4.50. The van der Waals surface area contributed by atoms with Crippen molar-refractivity contribution in [2.45, 2.75) is 76.2 Å². The zero-order valence-electron chi connectivity index (χ0n) is 19.1. The molecule has 7 nitrogen and oxygen atoms in total. The number of allylic oxidation sites excluding steroid dienone is 1. The summed E-state index contributed by atoms with van der Waals surface area (Å²) in [6.07, 6.45) is 9.38. The molecule has 2 aliphatic rings. The lowest BCUT2D eigenvalue weighted by atomic mass is 9.97. The second kappa shape index (κ2) is 11.1. The Labute approximate surface area is 191 Å². The Morgan fingerprint density at radius 1 is 1.12 bits per heavy atom. The van der Waals surface area contributed by atoms with Crippen molar-refractivity contribution in [2.75, 3.05) is 19.6 Å². The number of hydrogen-bond acceptors (Lipinski definition) is 5. The number of hydrogen-bond donors (Lipinski definition) is 1. The smallest absolute Gasteiger partial charge is 0.338 e. The third-order valence-electron chi connectivity index (χ3n) is 6.14. The Kier molecular flexibility index (Phi) is 8.48. The van der Waals surface area contributed by atoms with Gasteiger partial charge < -0.3 is 10.1 Å². The molecule has 32 heavy (non-hydrogen) atoms. The van der Waals surface area contributed by atoms with E-state index in [4.69, 9.17) is 4.74 Å². The molecule has 1 aliphatic carbocycles. The Hall–Kier alpha value is -2.19. The maximum Gasteiger partial charge on any atom is 0.338 e. The van der Waals surface area contributed by atoms with Crippen LogP contribution in [0.3, 0.4) is 0 Å². The largest absolute Gasteiger partial charge is 0.449 e. The number of carbonyl (C=O) groups is 2. The van der Waals surface area contributed by atoms with Gasteiger partial charge in [0.1, 0.15) is 0 Å². The van der Waals surface area contributed by atoms with E-state index in [0.717, 1.165) is 38.5 Å². The topological polar surface area (TPSA) is 92.8 Å². The average Bonchev–Trinajstić information content (AvgIpc) is 2.80. The third-order valence-corrected chi connectivity index (χ3v) is 8.18. The number of nitrogens with zero attached hydrogens (tertiary/aromatic N) is 1. The van der Waals surface area contributed by atoms with Gasteiger partial charge in [-0.05, 0) is 76.5 Å². The van der Waals surface area contributed by atoms with E-state index in [0.29, 0.717) is 25.2 Å². The molecule has 1 heterocycles. The van der Waals surface area contributed by atoms with Crippen molar-refractivity contribution in [3.8, 4) is 0 Å². The Bertz CT molecular complexity index is 965. The van der Waals surface area contributed by atoms with Crippen LogP contribution in [0.2, 0.25) is 0 Å². The maximum absolute atomic E-state index is 13.1. The van der Waals surface area contributed by atoms with Gasteiger partial charge in [-0.2, -0.15) is 4.31 Å². The van der Waals surface area contributed by atoms with E-state index < -0.39 is 22.1 Å². The minimum atomic E-state index is -3.68. The van der Waals surface area contributed by atoms with Crippen LogP contribution < -0.4 is 5.32 Å². The van der Waals surface area contributed by atoms with E-state index in [9.17, 15) is 18.0 Å². The molecule has 0 spiro atoms. The van der Waals surface area contributed by atoms with Crippen molar-refractivity contribution in [1.82, 2.24) is 9.62 Å². The first kappa shape index (κ1) is 24.5. The predicted octanol–water partition coefficient (Wildman–Crippen LogP) is 3.72. The predicted molar refractivity (Wildman–Crippen MR) is 123 cm³/mol. The molecule has 1 N–H and O–H groups in total. The zero-order valence-corrected chi connectivity index (χ0v) is 19.9. The van der Waals surface area contributed by atoms with Gasteiger partial charge in [0.2, 0.25) is 10.0 Å². The van der Waals surface area contributed by atoms with E-state index in [-0.39, 0.29) is 16.4 Å². The monoisotopic (exact) mass is 462 g/mol. The summed E-state index contributed by atoms with van der Waals surface area (Å²) in [5.41, 5.74) is 2.07. The van der Waals surface area contributed by atoms with Crippen LogP contribution in [0.15, 0.2) is 34.7 Å². The molecule has 1 aromatic carbocycles. The first-order valence-electron chi connectivity index (χ1n) is 11.6. The molecule has 0 saturated carbocycles. The van der Waals surface area contributed by atoms with E-state index in [1.54, 1.807) is 13.0 Å². The minimum absolute atomic E-state index is 0.117. The Morgan fingerprint density at radius 3 is 2.56 bits per heavy atom. The number of esters is 1. The number of sulfonamides is 1. The van der Waals surface area contributed by atoms with Crippen LogP contribution in [-0.2, 0) is 19.6 Å². The number of benzene rings is 1. The molecule has 176 valence electrons. The van der Waals surface area contributed by atoms with Crippen molar-refractivity contribution in [1.29, 1.82) is 0 Å². The van der Waals surface area contributed by atoms with Gasteiger partial charge in [-0.3, -0.25) is 4.79 Å². The van der Waals surface area contributed by atoms with E-state index >= 15 is 0 Å².